The van der Waals surface area contributed by atoms with Gasteiger partial charge in [0, 0.05) is 45.8 Å². The molecule has 3 N–H and O–H groups in total. The van der Waals surface area contributed by atoms with Gasteiger partial charge in [-0.15, -0.1) is 0 Å². The molecule has 168 valence electrons. The molecule has 0 unspecified atom stereocenters. The molecule has 0 bridgehead atoms. The summed E-state index contributed by atoms with van der Waals surface area (Å²) in [4.78, 5) is 25.1. The Labute approximate surface area is 195 Å². The van der Waals surface area contributed by atoms with Crippen LogP contribution in [0.5, 0.6) is 0 Å². The molecule has 5 aromatic rings. The zero-order valence-corrected chi connectivity index (χ0v) is 18.4. The molecule has 0 aliphatic carbocycles. The number of rotatable bonds is 6. The van der Waals surface area contributed by atoms with E-state index in [0.29, 0.717) is 11.3 Å². The number of benzene rings is 2. The van der Waals surface area contributed by atoms with Gasteiger partial charge in [-0.25, -0.2) is 9.37 Å². The smallest absolute Gasteiger partial charge is 0.255 e. The lowest BCUT2D eigenvalue weighted by atomic mass is 9.99. The maximum absolute atomic E-state index is 13.2. The largest absolute Gasteiger partial charge is 0.358 e. The molecule has 6 nitrogen and oxygen atoms in total. The van der Waals surface area contributed by atoms with Gasteiger partial charge in [0.15, 0.2) is 0 Å². The van der Waals surface area contributed by atoms with Crippen LogP contribution in [-0.4, -0.2) is 20.9 Å². The molecule has 2 aromatic carbocycles. The summed E-state index contributed by atoms with van der Waals surface area (Å²) >= 11 is 0. The maximum Gasteiger partial charge on any atom is 0.255 e. The van der Waals surface area contributed by atoms with Crippen molar-refractivity contribution in [2.45, 2.75) is 13.0 Å². The molecular weight excluding hydrogens is 429 g/mol. The van der Waals surface area contributed by atoms with E-state index in [-0.39, 0.29) is 17.8 Å². The van der Waals surface area contributed by atoms with Gasteiger partial charge >= 0.3 is 0 Å². The summed E-state index contributed by atoms with van der Waals surface area (Å²) in [5.41, 5.74) is 4.80. The third-order valence-electron chi connectivity index (χ3n) is 5.63. The summed E-state index contributed by atoms with van der Waals surface area (Å²) in [6.07, 6.45) is 3.50. The molecular formula is C27H22FN5O. The van der Waals surface area contributed by atoms with Crippen LogP contribution < -0.4 is 10.6 Å². The van der Waals surface area contributed by atoms with Gasteiger partial charge in [0.1, 0.15) is 11.6 Å². The second kappa shape index (κ2) is 9.15. The number of hydrogen-bond donors (Lipinski definition) is 3. The highest BCUT2D eigenvalue weighted by molar-refractivity contribution is 6.05. The zero-order chi connectivity index (χ0) is 23.5. The van der Waals surface area contributed by atoms with Crippen LogP contribution in [0.2, 0.25) is 0 Å². The highest BCUT2D eigenvalue weighted by Crippen LogP contribution is 2.34. The van der Waals surface area contributed by atoms with Crippen LogP contribution in [0.25, 0.3) is 10.9 Å². The topological polar surface area (TPSA) is 82.7 Å². The van der Waals surface area contributed by atoms with Crippen molar-refractivity contribution in [3.8, 4) is 0 Å². The number of aryl methyl sites for hydroxylation is 1. The molecule has 1 atom stereocenters. The molecule has 0 aliphatic rings. The lowest BCUT2D eigenvalue weighted by Crippen LogP contribution is -2.15. The van der Waals surface area contributed by atoms with E-state index in [1.807, 2.05) is 61.5 Å². The van der Waals surface area contributed by atoms with Gasteiger partial charge in [-0.1, -0.05) is 12.1 Å². The van der Waals surface area contributed by atoms with Gasteiger partial charge in [0.25, 0.3) is 5.91 Å². The molecule has 3 aromatic heterocycles. The van der Waals surface area contributed by atoms with E-state index in [0.717, 1.165) is 33.7 Å². The van der Waals surface area contributed by atoms with Gasteiger partial charge in [-0.3, -0.25) is 9.78 Å². The fourth-order valence-electron chi connectivity index (χ4n) is 4.04. The molecule has 0 fully saturated rings. The summed E-state index contributed by atoms with van der Waals surface area (Å²) < 4.78 is 13.2. The Morgan fingerprint density at radius 1 is 0.941 bits per heavy atom. The van der Waals surface area contributed by atoms with Gasteiger partial charge in [0.2, 0.25) is 0 Å². The monoisotopic (exact) mass is 451 g/mol. The average Bonchev–Trinajstić information content (AvgIpc) is 3.19. The van der Waals surface area contributed by atoms with Crippen molar-refractivity contribution >= 4 is 28.3 Å². The molecule has 34 heavy (non-hydrogen) atoms. The van der Waals surface area contributed by atoms with Gasteiger partial charge < -0.3 is 15.6 Å². The lowest BCUT2D eigenvalue weighted by Gasteiger charge is -2.20. The number of anilines is 2. The minimum atomic E-state index is -0.383. The van der Waals surface area contributed by atoms with Crippen molar-refractivity contribution in [1.82, 2.24) is 15.0 Å². The number of carbonyl (C=O) groups is 1. The van der Waals surface area contributed by atoms with E-state index in [1.54, 1.807) is 12.4 Å². The summed E-state index contributed by atoms with van der Waals surface area (Å²) in [7, 11) is 0. The van der Waals surface area contributed by atoms with Crippen LogP contribution in [0.1, 0.15) is 33.4 Å². The quantitative estimate of drug-likeness (QED) is 0.302. The second-order valence-corrected chi connectivity index (χ2v) is 7.93. The number of aromatic amines is 1. The van der Waals surface area contributed by atoms with Crippen molar-refractivity contribution in [1.29, 1.82) is 0 Å². The Morgan fingerprint density at radius 2 is 1.71 bits per heavy atom. The van der Waals surface area contributed by atoms with Crippen molar-refractivity contribution in [3.63, 3.8) is 0 Å². The van der Waals surface area contributed by atoms with Crippen molar-refractivity contribution in [2.24, 2.45) is 0 Å². The minimum Gasteiger partial charge on any atom is -0.358 e. The first-order valence-electron chi connectivity index (χ1n) is 10.9. The molecule has 0 radical (unpaired) electrons. The van der Waals surface area contributed by atoms with Crippen molar-refractivity contribution in [3.05, 3.63) is 120 Å². The Balaban J connectivity index is 1.55. The van der Waals surface area contributed by atoms with Gasteiger partial charge in [-0.2, -0.15) is 0 Å². The molecule has 0 aliphatic heterocycles. The highest BCUT2D eigenvalue weighted by atomic mass is 19.1. The van der Waals surface area contributed by atoms with E-state index < -0.39 is 0 Å². The van der Waals surface area contributed by atoms with Crippen LogP contribution in [0.4, 0.5) is 15.9 Å². The summed E-state index contributed by atoms with van der Waals surface area (Å²) in [6.45, 7) is 2.02. The number of H-pyrrole nitrogens is 1. The number of pyridine rings is 2. The summed E-state index contributed by atoms with van der Waals surface area (Å²) in [6, 6.07) is 22.4. The second-order valence-electron chi connectivity index (χ2n) is 7.93. The third kappa shape index (κ3) is 4.36. The van der Waals surface area contributed by atoms with Crippen LogP contribution in [0.3, 0.4) is 0 Å². The number of amides is 1. The average molecular weight is 452 g/mol. The number of fused-ring (bicyclic) bond motifs is 1. The number of halogens is 1. The van der Waals surface area contributed by atoms with Crippen LogP contribution >= 0.6 is 0 Å². The predicted octanol–water partition coefficient (Wildman–Crippen LogP) is 5.86. The summed E-state index contributed by atoms with van der Waals surface area (Å²) in [5, 5.41) is 7.37. The van der Waals surface area contributed by atoms with E-state index in [1.165, 1.54) is 24.3 Å². The minimum absolute atomic E-state index is 0.270. The molecule has 0 spiro atoms. The van der Waals surface area contributed by atoms with Crippen LogP contribution in [0.15, 0.2) is 91.3 Å². The molecule has 0 saturated heterocycles. The van der Waals surface area contributed by atoms with Crippen molar-refractivity contribution < 1.29 is 9.18 Å². The van der Waals surface area contributed by atoms with Crippen LogP contribution in [0, 0.1) is 12.7 Å². The first-order chi connectivity index (χ1) is 16.6. The SMILES string of the molecule is Cc1[nH]c2ccc(NC(=O)c3ccc(F)cc3)cc2c1[C@@H](Nc1ccccn1)c1ccccn1. The Morgan fingerprint density at radius 3 is 2.41 bits per heavy atom. The maximum atomic E-state index is 13.2. The summed E-state index contributed by atoms with van der Waals surface area (Å²) in [5.74, 6) is 0.0418. The number of nitrogens with zero attached hydrogens (tertiary/aromatic N) is 2. The number of aromatic nitrogens is 3. The third-order valence-corrected chi connectivity index (χ3v) is 5.63. The zero-order valence-electron chi connectivity index (χ0n) is 18.4. The highest BCUT2D eigenvalue weighted by Gasteiger charge is 2.23. The molecule has 7 heteroatoms. The van der Waals surface area contributed by atoms with Crippen LogP contribution in [-0.2, 0) is 0 Å². The Bertz CT molecular complexity index is 1430. The normalized spacial score (nSPS) is 11.8. The fraction of sp³-hybridized carbons (Fsp3) is 0.0741. The van der Waals surface area contributed by atoms with E-state index in [4.69, 9.17) is 0 Å². The van der Waals surface area contributed by atoms with E-state index >= 15 is 0 Å². The molecule has 3 heterocycles. The first-order valence-corrected chi connectivity index (χ1v) is 10.9. The van der Waals surface area contributed by atoms with Gasteiger partial charge in [-0.05, 0) is 73.7 Å². The van der Waals surface area contributed by atoms with E-state index in [9.17, 15) is 9.18 Å². The fourth-order valence-corrected chi connectivity index (χ4v) is 4.04. The first kappa shape index (κ1) is 21.3. The lowest BCUT2D eigenvalue weighted by molar-refractivity contribution is 0.102. The molecule has 0 saturated carbocycles. The number of carbonyl (C=O) groups excluding carboxylic acids is 1. The number of nitrogens with one attached hydrogen (secondary N) is 3. The molecule has 5 rings (SSSR count). The Kier molecular flexibility index (Phi) is 5.74. The standard InChI is InChI=1S/C27H22FN5O/c1-17-25(26(23-6-2-4-14-29-23)33-24-7-3-5-15-30-24)21-16-20(12-13-22(21)31-17)32-27(34)18-8-10-19(28)11-9-18/h2-16,26,31H,1H3,(H,30,33)(H,32,34)/t26-/m0/s1. The molecule has 1 amide bonds. The van der Waals surface area contributed by atoms with Gasteiger partial charge in [0.05, 0.1) is 11.7 Å². The van der Waals surface area contributed by atoms with E-state index in [2.05, 4.69) is 25.6 Å². The van der Waals surface area contributed by atoms with Crippen molar-refractivity contribution in [2.75, 3.05) is 10.6 Å². The number of hydrogen-bond acceptors (Lipinski definition) is 4. The Hall–Kier alpha value is -4.52. The predicted molar refractivity (Wildman–Crippen MR) is 131 cm³/mol.